The quantitative estimate of drug-likeness (QED) is 0.346. The number of guanidine groups is 1. The number of amidine groups is 1. The highest BCUT2D eigenvalue weighted by molar-refractivity contribution is 5.82. The largest absolute Gasteiger partial charge is 0.386 e. The van der Waals surface area contributed by atoms with Gasteiger partial charge < -0.3 is 17.2 Å². The van der Waals surface area contributed by atoms with Crippen molar-refractivity contribution in [2.24, 2.45) is 27.3 Å². The fourth-order valence-corrected chi connectivity index (χ4v) is 1.51. The molecule has 19 heavy (non-hydrogen) atoms. The number of aliphatic imine (C=N–C) groups is 1. The number of nitrogens with one attached hydrogen (secondary N) is 1. The van der Waals surface area contributed by atoms with Gasteiger partial charge in [0.2, 0.25) is 5.96 Å². The molecule has 0 amide bonds. The summed E-state index contributed by atoms with van der Waals surface area (Å²) in [6.45, 7) is 4.15. The van der Waals surface area contributed by atoms with Gasteiger partial charge >= 0.3 is 0 Å². The molecule has 0 aliphatic rings. The lowest BCUT2D eigenvalue weighted by molar-refractivity contribution is 0.738. The van der Waals surface area contributed by atoms with Crippen LogP contribution in [-0.4, -0.2) is 17.8 Å². The lowest BCUT2D eigenvalue weighted by Crippen LogP contribution is -2.29. The normalized spacial score (nSPS) is 14.3. The minimum Gasteiger partial charge on any atom is -0.386 e. The van der Waals surface area contributed by atoms with Crippen molar-refractivity contribution in [1.29, 1.82) is 0 Å². The molecule has 104 valence electrons. The molecule has 0 saturated heterocycles. The van der Waals surface area contributed by atoms with Crippen molar-refractivity contribution in [2.45, 2.75) is 32.9 Å². The van der Waals surface area contributed by atoms with Gasteiger partial charge in [-0.15, -0.1) is 0 Å². The number of rotatable bonds is 5. The average Bonchev–Trinajstić information content (AvgIpc) is 2.35. The Morgan fingerprint density at radius 3 is 2.32 bits per heavy atom. The van der Waals surface area contributed by atoms with Crippen molar-refractivity contribution in [3.63, 3.8) is 0 Å². The third-order valence-electron chi connectivity index (χ3n) is 2.36. The zero-order valence-electron chi connectivity index (χ0n) is 11.4. The highest BCUT2D eigenvalue weighted by atomic mass is 15.4. The van der Waals surface area contributed by atoms with Gasteiger partial charge in [-0.3, -0.25) is 0 Å². The summed E-state index contributed by atoms with van der Waals surface area (Å²) < 4.78 is 0. The first-order valence-electron chi connectivity index (χ1n) is 6.16. The molecule has 6 heteroatoms. The van der Waals surface area contributed by atoms with Crippen LogP contribution in [0.5, 0.6) is 0 Å². The summed E-state index contributed by atoms with van der Waals surface area (Å²) in [5, 5.41) is 3.76. The standard InChI is InChI=1S/C13H22N6/c1-9(14)7-11-3-5-12(6-4-11)8-17-13(16)19-18-10(2)15/h3-6,9H,7-8,14H2,1-2H3,(H2,15,18)(H3,16,17,19). The Morgan fingerprint density at radius 2 is 1.79 bits per heavy atom. The van der Waals surface area contributed by atoms with Crippen LogP contribution in [0, 0.1) is 0 Å². The molecule has 7 N–H and O–H groups in total. The molecule has 1 rings (SSSR count). The molecule has 0 fully saturated rings. The number of hydrazone groups is 1. The van der Waals surface area contributed by atoms with E-state index in [-0.39, 0.29) is 12.0 Å². The molecular formula is C13H22N6. The number of nitrogens with two attached hydrogens (primary N) is 3. The second-order valence-corrected chi connectivity index (χ2v) is 4.56. The lowest BCUT2D eigenvalue weighted by Gasteiger charge is -2.06. The molecule has 0 aliphatic heterocycles. The Kier molecular flexibility index (Phi) is 5.81. The van der Waals surface area contributed by atoms with Crippen molar-refractivity contribution < 1.29 is 0 Å². The molecule has 0 spiro atoms. The minimum atomic E-state index is 0.168. The SMILES string of the molecule is C/C(N)=N/NC(N)=NCc1ccc(CC(C)N)cc1. The second-order valence-electron chi connectivity index (χ2n) is 4.56. The first kappa shape index (κ1) is 15.0. The zero-order chi connectivity index (χ0) is 14.3. The molecule has 0 aliphatic carbocycles. The average molecular weight is 262 g/mol. The van der Waals surface area contributed by atoms with Crippen LogP contribution in [0.2, 0.25) is 0 Å². The van der Waals surface area contributed by atoms with Gasteiger partial charge in [-0.2, -0.15) is 5.10 Å². The molecule has 1 aromatic carbocycles. The predicted octanol–water partition coefficient (Wildman–Crippen LogP) is 0.273. The summed E-state index contributed by atoms with van der Waals surface area (Å²) in [5.41, 5.74) is 21.6. The third-order valence-corrected chi connectivity index (χ3v) is 2.36. The Labute approximate surface area is 113 Å². The zero-order valence-corrected chi connectivity index (χ0v) is 11.4. The number of nitrogens with zero attached hydrogens (tertiary/aromatic N) is 2. The fourth-order valence-electron chi connectivity index (χ4n) is 1.51. The predicted molar refractivity (Wildman–Crippen MR) is 79.6 cm³/mol. The van der Waals surface area contributed by atoms with Gasteiger partial charge in [-0.1, -0.05) is 24.3 Å². The molecular weight excluding hydrogens is 240 g/mol. The van der Waals surface area contributed by atoms with Gasteiger partial charge in [0.25, 0.3) is 0 Å². The first-order chi connectivity index (χ1) is 8.97. The maximum atomic E-state index is 5.75. The first-order valence-corrected chi connectivity index (χ1v) is 6.16. The van der Waals surface area contributed by atoms with Crippen LogP contribution < -0.4 is 22.6 Å². The van der Waals surface area contributed by atoms with E-state index < -0.39 is 0 Å². The Balaban J connectivity index is 2.53. The monoisotopic (exact) mass is 262 g/mol. The van der Waals surface area contributed by atoms with Gasteiger partial charge in [0.05, 0.1) is 6.54 Å². The number of benzene rings is 1. The van der Waals surface area contributed by atoms with E-state index >= 15 is 0 Å². The topological polar surface area (TPSA) is 115 Å². The lowest BCUT2D eigenvalue weighted by atomic mass is 10.1. The molecule has 6 nitrogen and oxygen atoms in total. The molecule has 1 atom stereocenters. The van der Waals surface area contributed by atoms with E-state index in [1.54, 1.807) is 6.92 Å². The van der Waals surface area contributed by atoms with E-state index in [1.807, 2.05) is 19.1 Å². The third kappa shape index (κ3) is 6.42. The van der Waals surface area contributed by atoms with E-state index in [9.17, 15) is 0 Å². The molecule has 0 saturated carbocycles. The number of hydrogen-bond acceptors (Lipinski definition) is 3. The van der Waals surface area contributed by atoms with Crippen LogP contribution in [0.15, 0.2) is 34.4 Å². The molecule has 0 bridgehead atoms. The summed E-state index contributed by atoms with van der Waals surface area (Å²) in [4.78, 5) is 4.15. The fraction of sp³-hybridized carbons (Fsp3) is 0.385. The minimum absolute atomic E-state index is 0.168. The number of hydrogen-bond donors (Lipinski definition) is 4. The van der Waals surface area contributed by atoms with E-state index in [4.69, 9.17) is 17.2 Å². The van der Waals surface area contributed by atoms with E-state index in [0.717, 1.165) is 12.0 Å². The Bertz CT molecular complexity index is 443. The summed E-state index contributed by atoms with van der Waals surface area (Å²) in [7, 11) is 0. The highest BCUT2D eigenvalue weighted by Crippen LogP contribution is 2.07. The Morgan fingerprint density at radius 1 is 1.21 bits per heavy atom. The van der Waals surface area contributed by atoms with Gasteiger partial charge in [0.15, 0.2) is 0 Å². The van der Waals surface area contributed by atoms with Crippen molar-refractivity contribution in [3.8, 4) is 0 Å². The van der Waals surface area contributed by atoms with E-state index in [1.165, 1.54) is 5.56 Å². The highest BCUT2D eigenvalue weighted by Gasteiger charge is 1.98. The van der Waals surface area contributed by atoms with Crippen LogP contribution in [0.25, 0.3) is 0 Å². The summed E-state index contributed by atoms with van der Waals surface area (Å²) in [6, 6.07) is 8.32. The van der Waals surface area contributed by atoms with Crippen molar-refractivity contribution in [2.75, 3.05) is 0 Å². The summed E-state index contributed by atoms with van der Waals surface area (Å²) in [6.07, 6.45) is 0.873. The molecule has 0 aromatic heterocycles. The molecule has 1 unspecified atom stereocenters. The van der Waals surface area contributed by atoms with Crippen LogP contribution >= 0.6 is 0 Å². The van der Waals surface area contributed by atoms with Crippen molar-refractivity contribution in [1.82, 2.24) is 5.43 Å². The van der Waals surface area contributed by atoms with Gasteiger partial charge in [-0.25, -0.2) is 10.4 Å². The maximum absolute atomic E-state index is 5.75. The van der Waals surface area contributed by atoms with Gasteiger partial charge in [0, 0.05) is 6.04 Å². The van der Waals surface area contributed by atoms with Crippen LogP contribution in [0.3, 0.4) is 0 Å². The molecule has 0 radical (unpaired) electrons. The molecule has 0 heterocycles. The van der Waals surface area contributed by atoms with Gasteiger partial charge in [-0.05, 0) is 31.4 Å². The van der Waals surface area contributed by atoms with Crippen molar-refractivity contribution >= 4 is 11.8 Å². The van der Waals surface area contributed by atoms with Crippen LogP contribution in [-0.2, 0) is 13.0 Å². The van der Waals surface area contributed by atoms with E-state index in [2.05, 4.69) is 27.7 Å². The van der Waals surface area contributed by atoms with Gasteiger partial charge in [0.1, 0.15) is 5.84 Å². The van der Waals surface area contributed by atoms with Crippen molar-refractivity contribution in [3.05, 3.63) is 35.4 Å². The molecule has 1 aromatic rings. The summed E-state index contributed by atoms with van der Waals surface area (Å²) in [5.74, 6) is 0.642. The second kappa shape index (κ2) is 7.38. The summed E-state index contributed by atoms with van der Waals surface area (Å²) >= 11 is 0. The maximum Gasteiger partial charge on any atom is 0.209 e. The smallest absolute Gasteiger partial charge is 0.209 e. The van der Waals surface area contributed by atoms with Crippen LogP contribution in [0.1, 0.15) is 25.0 Å². The Hall–Kier alpha value is -2.08. The van der Waals surface area contributed by atoms with E-state index in [0.29, 0.717) is 12.4 Å². The van der Waals surface area contributed by atoms with Crippen LogP contribution in [0.4, 0.5) is 0 Å².